The van der Waals surface area contributed by atoms with Gasteiger partial charge in [-0.2, -0.15) is 0 Å². The van der Waals surface area contributed by atoms with Crippen molar-refractivity contribution >= 4 is 23.8 Å². The van der Waals surface area contributed by atoms with Gasteiger partial charge in [-0.1, -0.05) is 116 Å². The Morgan fingerprint density at radius 1 is 0.362 bits per heavy atom. The van der Waals surface area contributed by atoms with E-state index in [1.807, 2.05) is 0 Å². The van der Waals surface area contributed by atoms with Crippen LogP contribution >= 0.6 is 0 Å². The van der Waals surface area contributed by atoms with Gasteiger partial charge in [0.15, 0.2) is 0 Å². The fourth-order valence-electron chi connectivity index (χ4n) is 6.49. The van der Waals surface area contributed by atoms with E-state index in [2.05, 4.69) is 63.6 Å². The summed E-state index contributed by atoms with van der Waals surface area (Å²) in [5, 5.41) is 12.5. The maximum Gasteiger partial charge on any atom is 0.320 e. The first-order valence-electron chi connectivity index (χ1n) is 23.7. The second kappa shape index (κ2) is 38.9. The average molecular weight is 827 g/mol. The quantitative estimate of drug-likeness (QED) is 0.0293. The van der Waals surface area contributed by atoms with E-state index in [9.17, 15) is 19.2 Å². The molecule has 0 heterocycles. The van der Waals surface area contributed by atoms with Gasteiger partial charge >= 0.3 is 11.9 Å². The maximum atomic E-state index is 12.2. The summed E-state index contributed by atoms with van der Waals surface area (Å²) in [7, 11) is 12.5. The van der Waals surface area contributed by atoms with Crippen molar-refractivity contribution in [2.45, 2.75) is 167 Å². The van der Waals surface area contributed by atoms with Crippen LogP contribution in [0, 0.1) is 0 Å². The minimum absolute atomic E-state index is 0.159. The number of carbonyl (C=O) groups excluding carboxylic acids is 4. The molecule has 0 saturated carbocycles. The van der Waals surface area contributed by atoms with E-state index < -0.39 is 0 Å². The van der Waals surface area contributed by atoms with Gasteiger partial charge in [0.05, 0.1) is 55.4 Å². The predicted octanol–water partition coefficient (Wildman–Crippen LogP) is 7.04. The van der Waals surface area contributed by atoms with Crippen LogP contribution in [0.4, 0.5) is 0 Å². The third-order valence-electron chi connectivity index (χ3n) is 10.4. The molecule has 0 aromatic carbocycles. The minimum Gasteiger partial charge on any atom is -0.459 e. The summed E-state index contributed by atoms with van der Waals surface area (Å²) in [5.74, 6) is -0.00528. The monoisotopic (exact) mass is 827 g/mol. The highest BCUT2D eigenvalue weighted by Gasteiger charge is 2.10. The summed E-state index contributed by atoms with van der Waals surface area (Å²) in [5.41, 5.74) is 0. The van der Waals surface area contributed by atoms with Gasteiger partial charge < -0.3 is 39.7 Å². The highest BCUT2D eigenvalue weighted by atomic mass is 16.5. The summed E-state index contributed by atoms with van der Waals surface area (Å²) in [6.07, 6.45) is 29.2. The summed E-state index contributed by atoms with van der Waals surface area (Å²) in [4.78, 5) is 47.8. The van der Waals surface area contributed by atoms with Crippen LogP contribution in [0.1, 0.15) is 167 Å². The number of esters is 2. The molecular weight excluding hydrogens is 733 g/mol. The fourth-order valence-corrected chi connectivity index (χ4v) is 6.49. The normalized spacial score (nSPS) is 11.8. The number of nitrogens with one attached hydrogen (secondary N) is 4. The molecule has 0 fully saturated rings. The lowest BCUT2D eigenvalue weighted by Crippen LogP contribution is -2.38. The van der Waals surface area contributed by atoms with E-state index in [0.29, 0.717) is 39.1 Å². The Kier molecular flexibility index (Phi) is 37.4. The molecule has 4 N–H and O–H groups in total. The molecule has 58 heavy (non-hydrogen) atoms. The molecule has 2 amide bonds. The van der Waals surface area contributed by atoms with E-state index >= 15 is 0 Å². The van der Waals surface area contributed by atoms with Crippen molar-refractivity contribution < 1.29 is 37.6 Å². The Morgan fingerprint density at radius 2 is 0.621 bits per heavy atom. The van der Waals surface area contributed by atoms with E-state index in [-0.39, 0.29) is 23.8 Å². The molecule has 0 spiro atoms. The molecule has 0 atom stereocenters. The van der Waals surface area contributed by atoms with Gasteiger partial charge in [-0.15, -0.1) is 0 Å². The van der Waals surface area contributed by atoms with Crippen molar-refractivity contribution in [3.8, 4) is 0 Å². The molecule has 0 aliphatic carbocycles. The third kappa shape index (κ3) is 46.4. The zero-order valence-corrected chi connectivity index (χ0v) is 38.8. The molecule has 12 heteroatoms. The standard InChI is InChI=1S/C46H92N6O6/c1-51(2,3)37-39-57-45(55)41-47-33-27-21-15-11-7-9-13-17-23-29-35-49-43(53)31-25-19-20-26-32-44(54)50-36-30-24-18-14-10-8-12-16-22-28-34-48-42-46(56)58-40-38-52(4,5)6/h47-48H,7-42H2,1-6H3/p+2. The predicted molar refractivity (Wildman–Crippen MR) is 240 cm³/mol. The number of unbranched alkanes of at least 4 members (excludes halogenated alkanes) is 21. The summed E-state index contributed by atoms with van der Waals surface area (Å²) in [6.45, 7) is 6.49. The number of hydrogen-bond donors (Lipinski definition) is 4. The van der Waals surface area contributed by atoms with Crippen LogP contribution in [-0.4, -0.2) is 141 Å². The molecule has 0 bridgehead atoms. The van der Waals surface area contributed by atoms with Crippen molar-refractivity contribution in [2.24, 2.45) is 0 Å². The van der Waals surface area contributed by atoms with Crippen LogP contribution in [0.5, 0.6) is 0 Å². The van der Waals surface area contributed by atoms with E-state index in [1.54, 1.807) is 0 Å². The van der Waals surface area contributed by atoms with Crippen molar-refractivity contribution in [1.82, 2.24) is 21.3 Å². The number of ether oxygens (including phenoxy) is 2. The number of likely N-dealkylation sites (N-methyl/N-ethyl adjacent to an activating group) is 2. The number of rotatable bonds is 43. The Balaban J connectivity index is 3.32. The fraction of sp³-hybridized carbons (Fsp3) is 0.913. The lowest BCUT2D eigenvalue weighted by molar-refractivity contribution is -0.870. The molecule has 0 aliphatic heterocycles. The SMILES string of the molecule is C[N+](C)(C)CCOC(=O)CNCCCCCCCCCCCCNC(=O)CCCCCCC(=O)NCCCCCCCCCCCCNCC(=O)OCC[N+](C)(C)C. The van der Waals surface area contributed by atoms with Crippen molar-refractivity contribution in [2.75, 3.05) is 108 Å². The number of hydrogen-bond acceptors (Lipinski definition) is 8. The molecule has 0 saturated heterocycles. The molecule has 12 nitrogen and oxygen atoms in total. The molecule has 0 aromatic rings. The lowest BCUT2D eigenvalue weighted by atomic mass is 10.1. The van der Waals surface area contributed by atoms with Crippen LogP contribution in [-0.2, 0) is 28.7 Å². The van der Waals surface area contributed by atoms with Gasteiger partial charge in [0.25, 0.3) is 0 Å². The Hall–Kier alpha value is -2.28. The van der Waals surface area contributed by atoms with E-state index in [4.69, 9.17) is 9.47 Å². The molecule has 0 aliphatic rings. The van der Waals surface area contributed by atoms with Gasteiger partial charge in [-0.05, 0) is 51.6 Å². The van der Waals surface area contributed by atoms with Crippen LogP contribution < -0.4 is 21.3 Å². The van der Waals surface area contributed by atoms with Gasteiger partial charge in [-0.25, -0.2) is 0 Å². The molecule has 0 aromatic heterocycles. The Labute approximate surface area is 356 Å². The van der Waals surface area contributed by atoms with Crippen molar-refractivity contribution in [3.63, 3.8) is 0 Å². The van der Waals surface area contributed by atoms with Crippen LogP contribution in [0.25, 0.3) is 0 Å². The maximum absolute atomic E-state index is 12.2. The smallest absolute Gasteiger partial charge is 0.320 e. The first-order chi connectivity index (χ1) is 27.8. The topological polar surface area (TPSA) is 135 Å². The van der Waals surface area contributed by atoms with Gasteiger partial charge in [0, 0.05) is 25.9 Å². The van der Waals surface area contributed by atoms with Crippen LogP contribution in [0.15, 0.2) is 0 Å². The van der Waals surface area contributed by atoms with E-state index in [0.717, 1.165) is 99.6 Å². The highest BCUT2D eigenvalue weighted by molar-refractivity contribution is 5.76. The molecule has 342 valence electrons. The van der Waals surface area contributed by atoms with Crippen molar-refractivity contribution in [3.05, 3.63) is 0 Å². The number of quaternary nitrogens is 2. The lowest BCUT2D eigenvalue weighted by Gasteiger charge is -2.23. The summed E-state index contributed by atoms with van der Waals surface area (Å²) >= 11 is 0. The largest absolute Gasteiger partial charge is 0.459 e. The molecule has 0 radical (unpaired) electrons. The average Bonchev–Trinajstić information content (AvgIpc) is 3.15. The molecular formula is C46H94N6O6+2. The number of carbonyl (C=O) groups is 4. The minimum atomic E-state index is -0.162. The van der Waals surface area contributed by atoms with Crippen LogP contribution in [0.2, 0.25) is 0 Å². The molecule has 0 rings (SSSR count). The van der Waals surface area contributed by atoms with Crippen molar-refractivity contribution in [1.29, 1.82) is 0 Å². The van der Waals surface area contributed by atoms with Gasteiger partial charge in [0.1, 0.15) is 26.3 Å². The summed E-state index contributed by atoms with van der Waals surface area (Å²) < 4.78 is 12.1. The third-order valence-corrected chi connectivity index (χ3v) is 10.4. The second-order valence-corrected chi connectivity index (χ2v) is 18.5. The van der Waals surface area contributed by atoms with Gasteiger partial charge in [0.2, 0.25) is 11.8 Å². The first-order valence-corrected chi connectivity index (χ1v) is 23.7. The van der Waals surface area contributed by atoms with Gasteiger partial charge in [-0.3, -0.25) is 19.2 Å². The van der Waals surface area contributed by atoms with E-state index in [1.165, 1.54) is 103 Å². The van der Waals surface area contributed by atoms with Crippen LogP contribution in [0.3, 0.4) is 0 Å². The number of nitrogens with zero attached hydrogens (tertiary/aromatic N) is 2. The Bertz CT molecular complexity index is 922. The second-order valence-electron chi connectivity index (χ2n) is 18.5. The Morgan fingerprint density at radius 3 is 0.914 bits per heavy atom. The summed E-state index contributed by atoms with van der Waals surface area (Å²) in [6, 6.07) is 0. The molecule has 0 unspecified atom stereocenters. The number of amides is 2. The zero-order chi connectivity index (χ0) is 43.0. The highest BCUT2D eigenvalue weighted by Crippen LogP contribution is 2.12. The zero-order valence-electron chi connectivity index (χ0n) is 38.8. The first kappa shape index (κ1) is 55.7.